The minimum atomic E-state index is 0.452. The van der Waals surface area contributed by atoms with E-state index in [0.717, 1.165) is 18.8 Å². The van der Waals surface area contributed by atoms with Crippen LogP contribution in [-0.2, 0) is 5.41 Å². The fourth-order valence-corrected chi connectivity index (χ4v) is 4.04. The highest BCUT2D eigenvalue weighted by atomic mass is 16.5. The quantitative estimate of drug-likeness (QED) is 0.421. The van der Waals surface area contributed by atoms with Crippen LogP contribution in [-0.4, -0.2) is 6.61 Å². The average Bonchev–Trinajstić information content (AvgIpc) is 2.60. The fourth-order valence-electron chi connectivity index (χ4n) is 4.04. The Morgan fingerprint density at radius 3 is 2.17 bits per heavy atom. The van der Waals surface area contributed by atoms with Crippen LogP contribution >= 0.6 is 0 Å². The molecular formula is C22H36O. The lowest BCUT2D eigenvalue weighted by atomic mass is 9.66. The predicted octanol–water partition coefficient (Wildman–Crippen LogP) is 7.04. The van der Waals surface area contributed by atoms with Crippen molar-refractivity contribution in [2.75, 3.05) is 6.61 Å². The Hall–Kier alpha value is -0.980. The van der Waals surface area contributed by atoms with Gasteiger partial charge in [-0.25, -0.2) is 0 Å². The minimum absolute atomic E-state index is 0.452. The third-order valence-electron chi connectivity index (χ3n) is 5.55. The Bertz CT molecular complexity index is 414. The molecule has 1 aromatic carbocycles. The zero-order valence-corrected chi connectivity index (χ0v) is 15.4. The second-order valence-corrected chi connectivity index (χ2v) is 7.38. The molecule has 0 saturated heterocycles. The summed E-state index contributed by atoms with van der Waals surface area (Å²) >= 11 is 0. The third-order valence-corrected chi connectivity index (χ3v) is 5.55. The Morgan fingerprint density at radius 1 is 0.826 bits per heavy atom. The number of unbranched alkanes of at least 4 members (excludes halogenated alkanes) is 4. The molecular weight excluding hydrogens is 280 g/mol. The second-order valence-electron chi connectivity index (χ2n) is 7.38. The van der Waals surface area contributed by atoms with Gasteiger partial charge in [-0.3, -0.25) is 0 Å². The van der Waals surface area contributed by atoms with Crippen LogP contribution < -0.4 is 4.74 Å². The van der Waals surface area contributed by atoms with Crippen LogP contribution in [0.1, 0.15) is 96.5 Å². The molecule has 0 aliphatic heterocycles. The van der Waals surface area contributed by atoms with Gasteiger partial charge in [0.15, 0.2) is 0 Å². The molecule has 0 N–H and O–H groups in total. The third kappa shape index (κ3) is 5.55. The Balaban J connectivity index is 2.00. The molecule has 1 aliphatic rings. The summed E-state index contributed by atoms with van der Waals surface area (Å²) in [5, 5.41) is 0. The number of ether oxygens (including phenoxy) is 1. The van der Waals surface area contributed by atoms with Crippen molar-refractivity contribution in [3.05, 3.63) is 29.8 Å². The number of hydrogen-bond acceptors (Lipinski definition) is 1. The van der Waals surface area contributed by atoms with Crippen LogP contribution in [0.5, 0.6) is 5.75 Å². The molecule has 1 saturated carbocycles. The molecule has 1 aromatic rings. The van der Waals surface area contributed by atoms with Gasteiger partial charge >= 0.3 is 0 Å². The smallest absolute Gasteiger partial charge is 0.119 e. The van der Waals surface area contributed by atoms with Gasteiger partial charge in [0.05, 0.1) is 6.61 Å². The first-order chi connectivity index (χ1) is 11.3. The van der Waals surface area contributed by atoms with Gasteiger partial charge in [-0.05, 0) is 48.8 Å². The van der Waals surface area contributed by atoms with E-state index >= 15 is 0 Å². The molecule has 0 spiro atoms. The van der Waals surface area contributed by atoms with E-state index in [0.29, 0.717) is 5.41 Å². The summed E-state index contributed by atoms with van der Waals surface area (Å²) in [6.07, 6.45) is 16.2. The highest BCUT2D eigenvalue weighted by molar-refractivity contribution is 5.33. The molecule has 0 atom stereocenters. The first-order valence-electron chi connectivity index (χ1n) is 10.0. The van der Waals surface area contributed by atoms with Crippen LogP contribution in [0.15, 0.2) is 24.3 Å². The molecule has 1 fully saturated rings. The van der Waals surface area contributed by atoms with Crippen molar-refractivity contribution in [3.8, 4) is 5.75 Å². The van der Waals surface area contributed by atoms with Crippen molar-refractivity contribution in [2.24, 2.45) is 0 Å². The van der Waals surface area contributed by atoms with Crippen LogP contribution in [0.4, 0.5) is 0 Å². The maximum Gasteiger partial charge on any atom is 0.119 e. The van der Waals surface area contributed by atoms with Gasteiger partial charge in [0.25, 0.3) is 0 Å². The lowest BCUT2D eigenvalue weighted by Gasteiger charge is -2.38. The van der Waals surface area contributed by atoms with E-state index in [2.05, 4.69) is 38.1 Å². The van der Waals surface area contributed by atoms with Crippen molar-refractivity contribution < 1.29 is 4.74 Å². The lowest BCUT2D eigenvalue weighted by Crippen LogP contribution is -2.29. The van der Waals surface area contributed by atoms with Gasteiger partial charge in [0, 0.05) is 0 Å². The van der Waals surface area contributed by atoms with E-state index in [-0.39, 0.29) is 0 Å². The van der Waals surface area contributed by atoms with Crippen molar-refractivity contribution in [1.82, 2.24) is 0 Å². The van der Waals surface area contributed by atoms with E-state index in [9.17, 15) is 0 Å². The summed E-state index contributed by atoms with van der Waals surface area (Å²) in [6.45, 7) is 5.35. The monoisotopic (exact) mass is 316 g/mol. The molecule has 0 amide bonds. The van der Waals surface area contributed by atoms with Crippen LogP contribution in [0, 0.1) is 0 Å². The number of rotatable bonds is 10. The SMILES string of the molecule is CCCCCCC1(c2ccc(OCCCC)cc2)CCCCC1. The minimum Gasteiger partial charge on any atom is -0.494 e. The van der Waals surface area contributed by atoms with Crippen LogP contribution in [0.3, 0.4) is 0 Å². The maximum absolute atomic E-state index is 5.83. The van der Waals surface area contributed by atoms with Crippen LogP contribution in [0.25, 0.3) is 0 Å². The second kappa shape index (κ2) is 10.0. The Labute approximate surface area is 143 Å². The van der Waals surface area contributed by atoms with Crippen LogP contribution in [0.2, 0.25) is 0 Å². The highest BCUT2D eigenvalue weighted by Crippen LogP contribution is 2.43. The normalized spacial score (nSPS) is 17.1. The first kappa shape index (κ1) is 18.4. The summed E-state index contributed by atoms with van der Waals surface area (Å²) in [6, 6.07) is 9.11. The summed E-state index contributed by atoms with van der Waals surface area (Å²) in [4.78, 5) is 0. The van der Waals surface area contributed by atoms with E-state index in [4.69, 9.17) is 4.74 Å². The largest absolute Gasteiger partial charge is 0.494 e. The number of hydrogen-bond donors (Lipinski definition) is 0. The molecule has 0 unspecified atom stereocenters. The molecule has 1 nitrogen and oxygen atoms in total. The van der Waals surface area contributed by atoms with Gasteiger partial charge < -0.3 is 4.74 Å². The summed E-state index contributed by atoms with van der Waals surface area (Å²) < 4.78 is 5.83. The highest BCUT2D eigenvalue weighted by Gasteiger charge is 2.33. The van der Waals surface area contributed by atoms with Crippen molar-refractivity contribution in [2.45, 2.75) is 96.3 Å². The van der Waals surface area contributed by atoms with E-state index in [1.54, 1.807) is 5.56 Å². The Kier molecular flexibility index (Phi) is 7.99. The molecule has 0 bridgehead atoms. The molecule has 130 valence electrons. The van der Waals surface area contributed by atoms with Gasteiger partial charge in [0.1, 0.15) is 5.75 Å². The maximum atomic E-state index is 5.83. The first-order valence-corrected chi connectivity index (χ1v) is 10.0. The van der Waals surface area contributed by atoms with Gasteiger partial charge in [-0.1, -0.05) is 77.3 Å². The van der Waals surface area contributed by atoms with E-state index < -0.39 is 0 Å². The zero-order valence-electron chi connectivity index (χ0n) is 15.4. The standard InChI is InChI=1S/C22H36O/c1-3-5-7-9-16-22(17-10-8-11-18-22)20-12-14-21(15-13-20)23-19-6-4-2/h12-15H,3-11,16-19H2,1-2H3. The fraction of sp³-hybridized carbons (Fsp3) is 0.727. The number of benzene rings is 1. The average molecular weight is 317 g/mol. The molecule has 0 heterocycles. The summed E-state index contributed by atoms with van der Waals surface area (Å²) in [7, 11) is 0. The molecule has 2 rings (SSSR count). The molecule has 1 heteroatoms. The zero-order chi connectivity index (χ0) is 16.4. The molecule has 0 radical (unpaired) electrons. The van der Waals surface area contributed by atoms with E-state index in [1.807, 2.05) is 0 Å². The van der Waals surface area contributed by atoms with Gasteiger partial charge in [-0.2, -0.15) is 0 Å². The summed E-state index contributed by atoms with van der Waals surface area (Å²) in [5.74, 6) is 1.04. The summed E-state index contributed by atoms with van der Waals surface area (Å²) in [5.41, 5.74) is 2.02. The van der Waals surface area contributed by atoms with E-state index in [1.165, 1.54) is 70.6 Å². The van der Waals surface area contributed by atoms with Gasteiger partial charge in [-0.15, -0.1) is 0 Å². The van der Waals surface area contributed by atoms with Gasteiger partial charge in [0.2, 0.25) is 0 Å². The topological polar surface area (TPSA) is 9.23 Å². The van der Waals surface area contributed by atoms with Crippen molar-refractivity contribution >= 4 is 0 Å². The molecule has 0 aromatic heterocycles. The van der Waals surface area contributed by atoms with Crippen molar-refractivity contribution in [1.29, 1.82) is 0 Å². The van der Waals surface area contributed by atoms with Crippen molar-refractivity contribution in [3.63, 3.8) is 0 Å². The lowest BCUT2D eigenvalue weighted by molar-refractivity contribution is 0.264. The Morgan fingerprint density at radius 2 is 1.52 bits per heavy atom. The predicted molar refractivity (Wildman–Crippen MR) is 100 cm³/mol. The molecule has 1 aliphatic carbocycles. The molecule has 23 heavy (non-hydrogen) atoms.